The van der Waals surface area contributed by atoms with Crippen LogP contribution in [0.2, 0.25) is 0 Å². The molecule has 1 saturated heterocycles. The minimum absolute atomic E-state index is 0.0656. The molecular weight excluding hydrogens is 305 g/mol. The molecule has 120 valence electrons. The van der Waals surface area contributed by atoms with Crippen LogP contribution in [0.15, 0.2) is 24.3 Å². The molecule has 1 atom stereocenters. The number of nitrogens with zero attached hydrogens (tertiary/aromatic N) is 2. The number of rotatable bonds is 4. The molecule has 1 aliphatic heterocycles. The Bertz CT molecular complexity index is 574. The van der Waals surface area contributed by atoms with Gasteiger partial charge in [0.2, 0.25) is 5.91 Å². The predicted octanol–water partition coefficient (Wildman–Crippen LogP) is 1.51. The van der Waals surface area contributed by atoms with Gasteiger partial charge in [0.05, 0.1) is 12.6 Å². The molecule has 0 unspecified atom stereocenters. The molecule has 0 radical (unpaired) electrons. The third-order valence-corrected chi connectivity index (χ3v) is 3.08. The van der Waals surface area contributed by atoms with E-state index in [2.05, 4.69) is 4.74 Å². The molecule has 1 N–H and O–H groups in total. The third-order valence-electron chi connectivity index (χ3n) is 3.08. The lowest BCUT2D eigenvalue weighted by Gasteiger charge is -2.19. The molecule has 6 nitrogen and oxygen atoms in total. The SMILES string of the molecule is CN1CC(=O)N(C[C@H](O)c2ccc(OC(F)(F)F)cc2)C1=O. The third kappa shape index (κ3) is 3.67. The number of urea groups is 1. The smallest absolute Gasteiger partial charge is 0.406 e. The summed E-state index contributed by atoms with van der Waals surface area (Å²) in [7, 11) is 1.45. The summed E-state index contributed by atoms with van der Waals surface area (Å²) >= 11 is 0. The minimum Gasteiger partial charge on any atom is -0.406 e. The molecular formula is C13H13F3N2O4. The first-order valence-corrected chi connectivity index (χ1v) is 6.26. The predicted molar refractivity (Wildman–Crippen MR) is 67.8 cm³/mol. The summed E-state index contributed by atoms with van der Waals surface area (Å²) in [5.41, 5.74) is 0.268. The Kier molecular flexibility index (Phi) is 4.27. The van der Waals surface area contributed by atoms with Crippen molar-refractivity contribution in [3.8, 4) is 5.75 Å². The molecule has 0 spiro atoms. The molecule has 9 heteroatoms. The lowest BCUT2D eigenvalue weighted by molar-refractivity contribution is -0.274. The summed E-state index contributed by atoms with van der Waals surface area (Å²) in [4.78, 5) is 25.3. The summed E-state index contributed by atoms with van der Waals surface area (Å²) in [5, 5.41) is 10.00. The highest BCUT2D eigenvalue weighted by molar-refractivity contribution is 6.01. The van der Waals surface area contributed by atoms with Crippen molar-refractivity contribution in [1.82, 2.24) is 9.80 Å². The number of alkyl halides is 3. The van der Waals surface area contributed by atoms with E-state index in [1.54, 1.807) is 0 Å². The molecule has 1 aromatic rings. The van der Waals surface area contributed by atoms with Crippen molar-refractivity contribution in [2.24, 2.45) is 0 Å². The van der Waals surface area contributed by atoms with Crippen LogP contribution in [0.3, 0.4) is 0 Å². The molecule has 1 aliphatic rings. The van der Waals surface area contributed by atoms with E-state index in [4.69, 9.17) is 0 Å². The fourth-order valence-corrected chi connectivity index (χ4v) is 2.02. The second-order valence-corrected chi connectivity index (χ2v) is 4.78. The van der Waals surface area contributed by atoms with Crippen molar-refractivity contribution in [2.75, 3.05) is 20.1 Å². The largest absolute Gasteiger partial charge is 0.573 e. The number of halogens is 3. The van der Waals surface area contributed by atoms with Crippen molar-refractivity contribution >= 4 is 11.9 Å². The Hall–Kier alpha value is -2.29. The summed E-state index contributed by atoms with van der Waals surface area (Å²) in [5.74, 6) is -0.861. The van der Waals surface area contributed by atoms with Gasteiger partial charge in [-0.15, -0.1) is 13.2 Å². The number of aliphatic hydroxyl groups is 1. The first kappa shape index (κ1) is 16.1. The highest BCUT2D eigenvalue weighted by Crippen LogP contribution is 2.25. The fourth-order valence-electron chi connectivity index (χ4n) is 2.02. The lowest BCUT2D eigenvalue weighted by atomic mass is 10.1. The normalized spacial score (nSPS) is 17.1. The Balaban J connectivity index is 2.02. The van der Waals surface area contributed by atoms with Gasteiger partial charge in [0.1, 0.15) is 12.3 Å². The van der Waals surface area contributed by atoms with Gasteiger partial charge in [0.25, 0.3) is 0 Å². The van der Waals surface area contributed by atoms with Crippen molar-refractivity contribution in [3.05, 3.63) is 29.8 Å². The van der Waals surface area contributed by atoms with E-state index in [-0.39, 0.29) is 18.7 Å². The molecule has 22 heavy (non-hydrogen) atoms. The Labute approximate surface area is 123 Å². The first-order chi connectivity index (χ1) is 10.2. The summed E-state index contributed by atoms with van der Waals surface area (Å²) in [6, 6.07) is 4.04. The molecule has 2 rings (SSSR count). The van der Waals surface area contributed by atoms with Gasteiger partial charge < -0.3 is 14.7 Å². The van der Waals surface area contributed by atoms with E-state index < -0.39 is 30.2 Å². The van der Waals surface area contributed by atoms with E-state index in [1.165, 1.54) is 24.1 Å². The lowest BCUT2D eigenvalue weighted by Crippen LogP contribution is -2.35. The van der Waals surface area contributed by atoms with Crippen LogP contribution in [0.5, 0.6) is 5.75 Å². The summed E-state index contributed by atoms with van der Waals surface area (Å²) in [6.07, 6.45) is -5.99. The second-order valence-electron chi connectivity index (χ2n) is 4.78. The summed E-state index contributed by atoms with van der Waals surface area (Å²) in [6.45, 7) is -0.328. The van der Waals surface area contributed by atoms with E-state index >= 15 is 0 Å². The molecule has 1 aromatic carbocycles. The zero-order valence-electron chi connectivity index (χ0n) is 11.5. The van der Waals surface area contributed by atoms with Crippen LogP contribution in [-0.4, -0.2) is 53.3 Å². The fraction of sp³-hybridized carbons (Fsp3) is 0.385. The highest BCUT2D eigenvalue weighted by atomic mass is 19.4. The molecule has 3 amide bonds. The minimum atomic E-state index is -4.79. The van der Waals surface area contributed by atoms with E-state index in [1.807, 2.05) is 0 Å². The molecule has 0 aromatic heterocycles. The van der Waals surface area contributed by atoms with E-state index in [0.29, 0.717) is 0 Å². The van der Waals surface area contributed by atoms with E-state index in [9.17, 15) is 27.9 Å². The highest BCUT2D eigenvalue weighted by Gasteiger charge is 2.35. The number of imide groups is 1. The second kappa shape index (κ2) is 5.84. The average Bonchev–Trinajstić information content (AvgIpc) is 2.64. The number of β-amino-alcohol motifs (C(OH)–C–C–N with tert-alkyl or cyclic N) is 1. The van der Waals surface area contributed by atoms with Crippen LogP contribution in [0, 0.1) is 0 Å². The number of ether oxygens (including phenoxy) is 1. The molecule has 0 aliphatic carbocycles. The van der Waals surface area contributed by atoms with Gasteiger partial charge in [-0.05, 0) is 17.7 Å². The zero-order valence-corrected chi connectivity index (χ0v) is 11.5. The summed E-state index contributed by atoms with van der Waals surface area (Å²) < 4.78 is 39.8. The number of benzene rings is 1. The number of hydrogen-bond donors (Lipinski definition) is 1. The molecule has 0 saturated carbocycles. The average molecular weight is 318 g/mol. The van der Waals surface area contributed by atoms with Crippen LogP contribution in [-0.2, 0) is 4.79 Å². The topological polar surface area (TPSA) is 70.1 Å². The van der Waals surface area contributed by atoms with Gasteiger partial charge in [0.15, 0.2) is 0 Å². The standard InChI is InChI=1S/C13H13F3N2O4/c1-17-7-11(20)18(12(17)21)6-10(19)8-2-4-9(5-3-8)22-13(14,15)16/h2-5,10,19H,6-7H2,1H3/t10-/m0/s1. The first-order valence-electron chi connectivity index (χ1n) is 6.26. The van der Waals surface area contributed by atoms with E-state index in [0.717, 1.165) is 17.0 Å². The van der Waals surface area contributed by atoms with Crippen LogP contribution in [0.4, 0.5) is 18.0 Å². The Morgan fingerprint density at radius 2 is 1.86 bits per heavy atom. The van der Waals surface area contributed by atoms with Crippen molar-refractivity contribution in [2.45, 2.75) is 12.5 Å². The maximum atomic E-state index is 12.0. The number of hydrogen-bond acceptors (Lipinski definition) is 4. The number of likely N-dealkylation sites (N-methyl/N-ethyl adjacent to an activating group) is 1. The number of carbonyl (C=O) groups is 2. The van der Waals surface area contributed by atoms with Gasteiger partial charge in [-0.25, -0.2) is 4.79 Å². The van der Waals surface area contributed by atoms with Crippen molar-refractivity contribution < 1.29 is 32.6 Å². The zero-order chi connectivity index (χ0) is 16.5. The number of amides is 3. The molecule has 1 heterocycles. The molecule has 1 fully saturated rings. The van der Waals surface area contributed by atoms with Gasteiger partial charge in [-0.2, -0.15) is 0 Å². The van der Waals surface area contributed by atoms with Crippen molar-refractivity contribution in [1.29, 1.82) is 0 Å². The van der Waals surface area contributed by atoms with Crippen molar-refractivity contribution in [3.63, 3.8) is 0 Å². The number of carbonyl (C=O) groups excluding carboxylic acids is 2. The van der Waals surface area contributed by atoms with Gasteiger partial charge in [0, 0.05) is 7.05 Å². The van der Waals surface area contributed by atoms with Crippen LogP contribution in [0.1, 0.15) is 11.7 Å². The quantitative estimate of drug-likeness (QED) is 0.855. The van der Waals surface area contributed by atoms with Crippen LogP contribution in [0.25, 0.3) is 0 Å². The Morgan fingerprint density at radius 3 is 2.32 bits per heavy atom. The monoisotopic (exact) mass is 318 g/mol. The van der Waals surface area contributed by atoms with Gasteiger partial charge in [-0.3, -0.25) is 9.69 Å². The maximum absolute atomic E-state index is 12.0. The maximum Gasteiger partial charge on any atom is 0.573 e. The Morgan fingerprint density at radius 1 is 1.27 bits per heavy atom. The van der Waals surface area contributed by atoms with Gasteiger partial charge >= 0.3 is 12.4 Å². The van der Waals surface area contributed by atoms with Crippen LogP contribution >= 0.6 is 0 Å². The number of aliphatic hydroxyl groups excluding tert-OH is 1. The van der Waals surface area contributed by atoms with Crippen LogP contribution < -0.4 is 4.74 Å². The van der Waals surface area contributed by atoms with Gasteiger partial charge in [-0.1, -0.05) is 12.1 Å². The molecule has 0 bridgehead atoms.